The maximum atomic E-state index is 11.9. The normalized spacial score (nSPS) is 11.6. The lowest BCUT2D eigenvalue weighted by molar-refractivity contribution is -0.308. The Morgan fingerprint density at radius 3 is 2.19 bits per heavy atom. The number of carbonyl (C=O) groups excluding carboxylic acids is 2. The van der Waals surface area contributed by atoms with Crippen LogP contribution in [0.4, 0.5) is 0 Å². The Morgan fingerprint density at radius 1 is 1.08 bits per heavy atom. The van der Waals surface area contributed by atoms with Crippen LogP contribution in [0.3, 0.4) is 0 Å². The maximum Gasteiger partial charge on any atom is 0.258 e. The average Bonchev–Trinajstić information content (AvgIpc) is 2.64. The van der Waals surface area contributed by atoms with E-state index in [0.29, 0.717) is 17.9 Å². The highest BCUT2D eigenvalue weighted by Gasteiger charge is 2.13. The molecule has 0 aliphatic carbocycles. The van der Waals surface area contributed by atoms with Gasteiger partial charge in [0.1, 0.15) is 5.75 Å². The minimum absolute atomic E-state index is 0.243. The molecule has 6 heteroatoms. The SMILES string of the molecule is CSCC[C@@H](NC(=O)COc1ccc(-c2ccc(C)cc2)cc1)C(=O)[O-]. The topological polar surface area (TPSA) is 78.5 Å². The summed E-state index contributed by atoms with van der Waals surface area (Å²) in [4.78, 5) is 22.9. The zero-order valence-corrected chi connectivity index (χ0v) is 15.7. The molecule has 26 heavy (non-hydrogen) atoms. The molecule has 2 rings (SSSR count). The number of benzene rings is 2. The van der Waals surface area contributed by atoms with E-state index in [1.807, 2.05) is 37.4 Å². The van der Waals surface area contributed by atoms with Crippen LogP contribution in [0.15, 0.2) is 48.5 Å². The minimum atomic E-state index is -1.28. The van der Waals surface area contributed by atoms with Crippen LogP contribution in [0.25, 0.3) is 11.1 Å². The second-order valence-electron chi connectivity index (χ2n) is 5.90. The molecule has 0 saturated heterocycles. The van der Waals surface area contributed by atoms with Crippen LogP contribution in [-0.4, -0.2) is 36.5 Å². The molecule has 0 aromatic heterocycles. The molecule has 0 spiro atoms. The fourth-order valence-corrected chi connectivity index (χ4v) is 2.83. The molecule has 0 saturated carbocycles. The van der Waals surface area contributed by atoms with Crippen molar-refractivity contribution in [2.45, 2.75) is 19.4 Å². The van der Waals surface area contributed by atoms with Gasteiger partial charge in [-0.1, -0.05) is 42.0 Å². The smallest absolute Gasteiger partial charge is 0.258 e. The van der Waals surface area contributed by atoms with Crippen LogP contribution < -0.4 is 15.2 Å². The standard InChI is InChI=1S/C20H23NO4S/c1-14-3-5-15(6-4-14)16-7-9-17(10-8-16)25-13-19(22)21-18(20(23)24)11-12-26-2/h3-10,18H,11-13H2,1-2H3,(H,21,22)(H,23,24)/p-1/t18-/m1/s1. The lowest BCUT2D eigenvalue weighted by atomic mass is 10.0. The van der Waals surface area contributed by atoms with Gasteiger partial charge in [0.05, 0.1) is 12.0 Å². The van der Waals surface area contributed by atoms with E-state index in [-0.39, 0.29) is 6.61 Å². The number of rotatable bonds is 9. The van der Waals surface area contributed by atoms with Crippen molar-refractivity contribution in [3.05, 3.63) is 54.1 Å². The predicted octanol–water partition coefficient (Wildman–Crippen LogP) is 2.03. The monoisotopic (exact) mass is 372 g/mol. The van der Waals surface area contributed by atoms with Gasteiger partial charge in [-0.2, -0.15) is 11.8 Å². The summed E-state index contributed by atoms with van der Waals surface area (Å²) in [6.07, 6.45) is 2.19. The highest BCUT2D eigenvalue weighted by atomic mass is 32.2. The van der Waals surface area contributed by atoms with Gasteiger partial charge in [0.15, 0.2) is 6.61 Å². The van der Waals surface area contributed by atoms with Crippen molar-refractivity contribution >= 4 is 23.6 Å². The Labute approximate surface area is 157 Å². The van der Waals surface area contributed by atoms with E-state index in [1.54, 1.807) is 12.1 Å². The van der Waals surface area contributed by atoms with Crippen molar-refractivity contribution in [1.82, 2.24) is 5.32 Å². The Hall–Kier alpha value is -2.47. The first kappa shape index (κ1) is 19.8. The third kappa shape index (κ3) is 6.11. The number of thioether (sulfide) groups is 1. The summed E-state index contributed by atoms with van der Waals surface area (Å²) in [5, 5.41) is 13.5. The zero-order chi connectivity index (χ0) is 18.9. The second-order valence-corrected chi connectivity index (χ2v) is 6.89. The number of carboxylic acid groups (broad SMARTS) is 1. The molecular weight excluding hydrogens is 350 g/mol. The Balaban J connectivity index is 1.87. The fourth-order valence-electron chi connectivity index (χ4n) is 2.36. The first-order valence-electron chi connectivity index (χ1n) is 8.28. The van der Waals surface area contributed by atoms with Gasteiger partial charge >= 0.3 is 0 Å². The predicted molar refractivity (Wildman–Crippen MR) is 102 cm³/mol. The number of hydrogen-bond donors (Lipinski definition) is 1. The highest BCUT2D eigenvalue weighted by molar-refractivity contribution is 7.98. The number of nitrogens with one attached hydrogen (secondary N) is 1. The van der Waals surface area contributed by atoms with Crippen molar-refractivity contribution in [3.63, 3.8) is 0 Å². The van der Waals surface area contributed by atoms with E-state index < -0.39 is 17.9 Å². The van der Waals surface area contributed by atoms with Crippen molar-refractivity contribution in [3.8, 4) is 16.9 Å². The molecule has 5 nitrogen and oxygen atoms in total. The van der Waals surface area contributed by atoms with E-state index in [9.17, 15) is 14.7 Å². The summed E-state index contributed by atoms with van der Waals surface area (Å²) in [5.74, 6) is -0.594. The lowest BCUT2D eigenvalue weighted by Crippen LogP contribution is -2.49. The van der Waals surface area contributed by atoms with Crippen molar-refractivity contribution in [1.29, 1.82) is 0 Å². The molecular formula is C20H22NO4S-. The third-order valence-electron chi connectivity index (χ3n) is 3.84. The Morgan fingerprint density at radius 2 is 1.65 bits per heavy atom. The summed E-state index contributed by atoms with van der Waals surface area (Å²) in [5.41, 5.74) is 3.36. The molecule has 0 fully saturated rings. The van der Waals surface area contributed by atoms with Crippen molar-refractivity contribution in [2.75, 3.05) is 18.6 Å². The Bertz CT molecular complexity index is 728. The quantitative estimate of drug-likeness (QED) is 0.729. The fraction of sp³-hybridized carbons (Fsp3) is 0.300. The van der Waals surface area contributed by atoms with Crippen molar-refractivity contribution in [2.24, 2.45) is 0 Å². The van der Waals surface area contributed by atoms with Crippen molar-refractivity contribution < 1.29 is 19.4 Å². The zero-order valence-electron chi connectivity index (χ0n) is 14.9. The molecule has 1 amide bonds. The molecule has 0 aliphatic rings. The molecule has 0 bridgehead atoms. The van der Waals surface area contributed by atoms with Gasteiger partial charge in [-0.05, 0) is 48.6 Å². The van der Waals surface area contributed by atoms with E-state index in [2.05, 4.69) is 17.4 Å². The van der Waals surface area contributed by atoms with Gasteiger partial charge in [-0.3, -0.25) is 4.79 Å². The number of carbonyl (C=O) groups is 2. The molecule has 0 radical (unpaired) electrons. The summed E-state index contributed by atoms with van der Waals surface area (Å²) < 4.78 is 5.43. The molecule has 138 valence electrons. The summed E-state index contributed by atoms with van der Waals surface area (Å²) in [6.45, 7) is 1.80. The number of aliphatic carboxylic acids is 1. The van der Waals surface area contributed by atoms with Crippen LogP contribution in [0.1, 0.15) is 12.0 Å². The number of amides is 1. The van der Waals surface area contributed by atoms with Crippen LogP contribution in [0.5, 0.6) is 5.75 Å². The van der Waals surface area contributed by atoms with E-state index in [0.717, 1.165) is 11.1 Å². The highest BCUT2D eigenvalue weighted by Crippen LogP contribution is 2.22. The molecule has 0 aliphatic heterocycles. The molecule has 0 heterocycles. The number of carboxylic acids is 1. The van der Waals surface area contributed by atoms with Crippen LogP contribution in [-0.2, 0) is 9.59 Å². The number of aryl methyl sites for hydroxylation is 1. The van der Waals surface area contributed by atoms with Gasteiger partial charge in [-0.25, -0.2) is 0 Å². The Kier molecular flexibility index (Phi) is 7.53. The lowest BCUT2D eigenvalue weighted by Gasteiger charge is -2.19. The van der Waals surface area contributed by atoms with Gasteiger partial charge in [0, 0.05) is 0 Å². The first-order chi connectivity index (χ1) is 12.5. The van der Waals surface area contributed by atoms with Gasteiger partial charge < -0.3 is 20.0 Å². The number of ether oxygens (including phenoxy) is 1. The van der Waals surface area contributed by atoms with Crippen LogP contribution in [0, 0.1) is 6.92 Å². The summed E-state index contributed by atoms with van der Waals surface area (Å²) in [6, 6.07) is 14.6. The van der Waals surface area contributed by atoms with E-state index in [1.165, 1.54) is 17.3 Å². The summed E-state index contributed by atoms with van der Waals surface area (Å²) >= 11 is 1.51. The van der Waals surface area contributed by atoms with Gasteiger partial charge in [0.2, 0.25) is 0 Å². The molecule has 2 aromatic rings. The van der Waals surface area contributed by atoms with Gasteiger partial charge in [0.25, 0.3) is 5.91 Å². The third-order valence-corrected chi connectivity index (χ3v) is 4.48. The first-order valence-corrected chi connectivity index (χ1v) is 9.68. The molecule has 2 aromatic carbocycles. The summed E-state index contributed by atoms with van der Waals surface area (Å²) in [7, 11) is 0. The van der Waals surface area contributed by atoms with E-state index in [4.69, 9.17) is 4.74 Å². The maximum absolute atomic E-state index is 11.9. The van der Waals surface area contributed by atoms with E-state index >= 15 is 0 Å². The average molecular weight is 372 g/mol. The second kappa shape index (κ2) is 9.87. The molecule has 0 unspecified atom stereocenters. The molecule has 1 atom stereocenters. The molecule has 1 N–H and O–H groups in total. The largest absolute Gasteiger partial charge is 0.548 e. The number of hydrogen-bond acceptors (Lipinski definition) is 5. The van der Waals surface area contributed by atoms with Crippen LogP contribution in [0.2, 0.25) is 0 Å². The van der Waals surface area contributed by atoms with Crippen LogP contribution >= 0.6 is 11.8 Å². The minimum Gasteiger partial charge on any atom is -0.548 e. The van der Waals surface area contributed by atoms with Gasteiger partial charge in [-0.15, -0.1) is 0 Å².